The van der Waals surface area contributed by atoms with E-state index in [0.717, 1.165) is 0 Å². The second-order valence-electron chi connectivity index (χ2n) is 1.95. The molecule has 0 aliphatic heterocycles. The first-order chi connectivity index (χ1) is 5.13. The van der Waals surface area contributed by atoms with Gasteiger partial charge in [-0.15, -0.1) is 0 Å². The van der Waals surface area contributed by atoms with E-state index in [0.29, 0.717) is 13.0 Å². The summed E-state index contributed by atoms with van der Waals surface area (Å²) in [4.78, 5) is 10.4. The molecule has 0 aromatic rings. The molecule has 11 heavy (non-hydrogen) atoms. The molecule has 0 aromatic carbocycles. The Hall–Kier alpha value is -1.19. The Morgan fingerprint density at radius 3 is 2.36 bits per heavy atom. The van der Waals surface area contributed by atoms with Gasteiger partial charge in [0.2, 0.25) is 5.76 Å². The number of rotatable bonds is 4. The van der Waals surface area contributed by atoms with Crippen LogP contribution in [0.5, 0.6) is 0 Å². The van der Waals surface area contributed by atoms with Gasteiger partial charge in [-0.25, -0.2) is 4.79 Å². The number of carboxylic acids is 1. The second-order valence-corrected chi connectivity index (χ2v) is 1.95. The van der Waals surface area contributed by atoms with Gasteiger partial charge in [0.25, 0.3) is 0 Å². The lowest BCUT2D eigenvalue weighted by Gasteiger charge is -2.05. The van der Waals surface area contributed by atoms with Gasteiger partial charge in [-0.2, -0.15) is 0 Å². The summed E-state index contributed by atoms with van der Waals surface area (Å²) < 4.78 is 4.81. The first-order valence-electron chi connectivity index (χ1n) is 3.48. The zero-order chi connectivity index (χ0) is 8.85. The van der Waals surface area contributed by atoms with Gasteiger partial charge in [0, 0.05) is 0 Å². The quantitative estimate of drug-likeness (QED) is 0.467. The van der Waals surface area contributed by atoms with Crippen LogP contribution in [-0.4, -0.2) is 17.7 Å². The Morgan fingerprint density at radius 1 is 1.55 bits per heavy atom. The molecule has 0 atom stereocenters. The molecule has 0 radical (unpaired) electrons. The van der Waals surface area contributed by atoms with E-state index in [-0.39, 0.29) is 11.5 Å². The third-order valence-electron chi connectivity index (χ3n) is 1.16. The smallest absolute Gasteiger partial charge is 0.373 e. The average molecular weight is 159 g/mol. The summed E-state index contributed by atoms with van der Waals surface area (Å²) in [5.41, 5.74) is 5.66. The Kier molecular flexibility index (Phi) is 4.10. The van der Waals surface area contributed by atoms with Crippen molar-refractivity contribution in [2.45, 2.75) is 20.3 Å². The van der Waals surface area contributed by atoms with Crippen molar-refractivity contribution in [3.8, 4) is 0 Å². The number of allylic oxidation sites excluding steroid dienone is 1. The van der Waals surface area contributed by atoms with E-state index in [1.165, 1.54) is 0 Å². The van der Waals surface area contributed by atoms with Crippen molar-refractivity contribution in [3.63, 3.8) is 0 Å². The number of hydrogen-bond acceptors (Lipinski definition) is 3. The van der Waals surface area contributed by atoms with Crippen molar-refractivity contribution >= 4 is 5.97 Å². The first-order valence-corrected chi connectivity index (χ1v) is 3.48. The summed E-state index contributed by atoms with van der Waals surface area (Å²) in [6.45, 7) is 3.81. The van der Waals surface area contributed by atoms with Crippen molar-refractivity contribution in [2.75, 3.05) is 6.61 Å². The zero-order valence-corrected chi connectivity index (χ0v) is 6.76. The fourth-order valence-corrected chi connectivity index (χ4v) is 0.597. The first kappa shape index (κ1) is 9.81. The molecule has 0 unspecified atom stereocenters. The highest BCUT2D eigenvalue weighted by Crippen LogP contribution is 2.04. The van der Waals surface area contributed by atoms with Crippen LogP contribution in [0.4, 0.5) is 0 Å². The molecule has 4 heteroatoms. The van der Waals surface area contributed by atoms with E-state index in [1.807, 2.05) is 0 Å². The molecule has 4 nitrogen and oxygen atoms in total. The summed E-state index contributed by atoms with van der Waals surface area (Å²) >= 11 is 0. The Balaban J connectivity index is 4.43. The molecule has 0 aromatic heterocycles. The van der Waals surface area contributed by atoms with Crippen LogP contribution in [0.3, 0.4) is 0 Å². The fraction of sp³-hybridized carbons (Fsp3) is 0.571. The van der Waals surface area contributed by atoms with Gasteiger partial charge < -0.3 is 15.6 Å². The number of carboxylic acid groups (broad SMARTS) is 1. The Bertz CT molecular complexity index is 175. The van der Waals surface area contributed by atoms with Crippen molar-refractivity contribution in [1.29, 1.82) is 0 Å². The third-order valence-corrected chi connectivity index (χ3v) is 1.16. The van der Waals surface area contributed by atoms with Crippen LogP contribution >= 0.6 is 0 Å². The normalized spacial score (nSPS) is 12.2. The zero-order valence-electron chi connectivity index (χ0n) is 6.76. The summed E-state index contributed by atoms with van der Waals surface area (Å²) in [7, 11) is 0. The van der Waals surface area contributed by atoms with Crippen LogP contribution < -0.4 is 5.73 Å². The number of carbonyl (C=O) groups is 1. The molecule has 0 saturated heterocycles. The van der Waals surface area contributed by atoms with Crippen molar-refractivity contribution in [3.05, 3.63) is 11.5 Å². The third kappa shape index (κ3) is 2.93. The molecule has 0 aliphatic carbocycles. The number of aliphatic carboxylic acids is 1. The van der Waals surface area contributed by atoms with Crippen LogP contribution in [0.1, 0.15) is 20.3 Å². The molecule has 0 fully saturated rings. The minimum Gasteiger partial charge on any atom is -0.486 e. The topological polar surface area (TPSA) is 72.5 Å². The molecular formula is C7H13NO3. The van der Waals surface area contributed by atoms with Crippen LogP contribution in [0, 0.1) is 0 Å². The summed E-state index contributed by atoms with van der Waals surface area (Å²) in [5.74, 6) is -1.23. The molecule has 0 bridgehead atoms. The maximum absolute atomic E-state index is 10.4. The summed E-state index contributed by atoms with van der Waals surface area (Å²) in [5, 5.41) is 8.54. The van der Waals surface area contributed by atoms with Gasteiger partial charge in [0.15, 0.2) is 0 Å². The predicted molar refractivity (Wildman–Crippen MR) is 40.8 cm³/mol. The van der Waals surface area contributed by atoms with E-state index in [1.54, 1.807) is 13.8 Å². The van der Waals surface area contributed by atoms with E-state index in [2.05, 4.69) is 0 Å². The number of nitrogens with two attached hydrogens (primary N) is 1. The average Bonchev–Trinajstić information content (AvgIpc) is 1.98. The van der Waals surface area contributed by atoms with Gasteiger partial charge in [-0.05, 0) is 13.3 Å². The Labute approximate surface area is 65.6 Å². The molecule has 0 rings (SSSR count). The molecule has 0 spiro atoms. The highest BCUT2D eigenvalue weighted by Gasteiger charge is 2.11. The molecule has 0 amide bonds. The van der Waals surface area contributed by atoms with E-state index >= 15 is 0 Å². The SMILES string of the molecule is CCO/C(C(=O)O)=C(\N)CC. The van der Waals surface area contributed by atoms with Gasteiger partial charge in [0.05, 0.1) is 12.3 Å². The van der Waals surface area contributed by atoms with Crippen LogP contribution in [0.25, 0.3) is 0 Å². The molecule has 3 N–H and O–H groups in total. The Morgan fingerprint density at radius 2 is 2.09 bits per heavy atom. The number of ether oxygens (including phenoxy) is 1. The van der Waals surface area contributed by atoms with E-state index in [4.69, 9.17) is 15.6 Å². The van der Waals surface area contributed by atoms with Gasteiger partial charge in [-0.1, -0.05) is 6.92 Å². The monoisotopic (exact) mass is 159 g/mol. The highest BCUT2D eigenvalue weighted by molar-refractivity contribution is 5.85. The molecule has 0 heterocycles. The van der Waals surface area contributed by atoms with Gasteiger partial charge in [0.1, 0.15) is 0 Å². The maximum atomic E-state index is 10.4. The van der Waals surface area contributed by atoms with Crippen molar-refractivity contribution in [1.82, 2.24) is 0 Å². The molecular weight excluding hydrogens is 146 g/mol. The van der Waals surface area contributed by atoms with Crippen molar-refractivity contribution in [2.24, 2.45) is 5.73 Å². The fourth-order valence-electron chi connectivity index (χ4n) is 0.597. The summed E-state index contributed by atoms with van der Waals surface area (Å²) in [6.07, 6.45) is 0.488. The second kappa shape index (κ2) is 4.60. The number of hydrogen-bond donors (Lipinski definition) is 2. The predicted octanol–water partition coefficient (Wildman–Crippen LogP) is 0.688. The van der Waals surface area contributed by atoms with Crippen molar-refractivity contribution < 1.29 is 14.6 Å². The van der Waals surface area contributed by atoms with Gasteiger partial charge >= 0.3 is 5.97 Å². The molecule has 64 valence electrons. The highest BCUT2D eigenvalue weighted by atomic mass is 16.5. The molecule has 0 aliphatic rings. The molecule has 0 saturated carbocycles. The minimum absolute atomic E-state index is 0.130. The van der Waals surface area contributed by atoms with E-state index < -0.39 is 5.97 Å². The standard InChI is InChI=1S/C7H13NO3/c1-3-5(8)6(7(9)10)11-4-2/h3-4,8H2,1-2H3,(H,9,10)/b6-5-. The van der Waals surface area contributed by atoms with Crippen LogP contribution in [-0.2, 0) is 9.53 Å². The largest absolute Gasteiger partial charge is 0.486 e. The lowest BCUT2D eigenvalue weighted by atomic mass is 10.3. The van der Waals surface area contributed by atoms with E-state index in [9.17, 15) is 4.79 Å². The minimum atomic E-state index is -1.11. The summed E-state index contributed by atoms with van der Waals surface area (Å²) in [6, 6.07) is 0. The maximum Gasteiger partial charge on any atom is 0.373 e. The van der Waals surface area contributed by atoms with Crippen LogP contribution in [0.2, 0.25) is 0 Å². The van der Waals surface area contributed by atoms with Gasteiger partial charge in [-0.3, -0.25) is 0 Å². The van der Waals surface area contributed by atoms with Crippen LogP contribution in [0.15, 0.2) is 11.5 Å². The lowest BCUT2D eigenvalue weighted by molar-refractivity contribution is -0.136. The lowest BCUT2D eigenvalue weighted by Crippen LogP contribution is -2.12.